The van der Waals surface area contributed by atoms with E-state index in [2.05, 4.69) is 21.2 Å². The van der Waals surface area contributed by atoms with Crippen molar-refractivity contribution in [2.24, 2.45) is 0 Å². The molecule has 8 heteroatoms. The van der Waals surface area contributed by atoms with Gasteiger partial charge in [0.05, 0.1) is 4.91 Å². The van der Waals surface area contributed by atoms with Crippen molar-refractivity contribution in [2.45, 2.75) is 33.7 Å². The van der Waals surface area contributed by atoms with E-state index in [0.29, 0.717) is 15.0 Å². The van der Waals surface area contributed by atoms with Crippen LogP contribution in [0.4, 0.5) is 5.69 Å². The number of carbonyl (C=O) groups is 2. The molecule has 1 heterocycles. The third-order valence-corrected chi connectivity index (χ3v) is 6.42. The Balaban J connectivity index is 1.66. The van der Waals surface area contributed by atoms with Gasteiger partial charge in [-0.25, -0.2) is 0 Å². The number of nitrogens with one attached hydrogen (secondary N) is 1. The van der Waals surface area contributed by atoms with Gasteiger partial charge in [0.15, 0.2) is 6.61 Å². The summed E-state index contributed by atoms with van der Waals surface area (Å²) in [6.07, 6.45) is 1.79. The van der Waals surface area contributed by atoms with Crippen LogP contribution in [-0.2, 0) is 9.59 Å². The van der Waals surface area contributed by atoms with Crippen molar-refractivity contribution in [3.05, 3.63) is 62.5 Å². The largest absolute Gasteiger partial charge is 0.484 e. The molecule has 3 rings (SSSR count). The molecule has 0 aliphatic carbocycles. The predicted octanol–water partition coefficient (Wildman–Crippen LogP) is 5.69. The molecule has 1 saturated heterocycles. The summed E-state index contributed by atoms with van der Waals surface area (Å²) in [5.74, 6) is 0.222. The maximum Gasteiger partial charge on any atom is 0.266 e. The molecule has 0 aromatic heterocycles. The van der Waals surface area contributed by atoms with Crippen molar-refractivity contribution in [2.75, 3.05) is 11.9 Å². The van der Waals surface area contributed by atoms with E-state index < -0.39 is 0 Å². The lowest BCUT2D eigenvalue weighted by Gasteiger charge is -2.18. The van der Waals surface area contributed by atoms with E-state index in [1.807, 2.05) is 52.0 Å². The lowest BCUT2D eigenvalue weighted by atomic mass is 10.1. The zero-order valence-electron chi connectivity index (χ0n) is 17.7. The van der Waals surface area contributed by atoms with Crippen molar-refractivity contribution in [3.63, 3.8) is 0 Å². The van der Waals surface area contributed by atoms with Gasteiger partial charge in [-0.1, -0.05) is 52.0 Å². The molecule has 1 N–H and O–H groups in total. The Morgan fingerprint density at radius 1 is 1.26 bits per heavy atom. The Kier molecular flexibility index (Phi) is 7.56. The van der Waals surface area contributed by atoms with Gasteiger partial charge in [-0.15, -0.1) is 0 Å². The Bertz CT molecular complexity index is 1060. The molecule has 2 aromatic carbocycles. The molecular formula is C23H23BrN2O3S2. The van der Waals surface area contributed by atoms with Gasteiger partial charge in [-0.05, 0) is 74.7 Å². The third kappa shape index (κ3) is 5.75. The minimum atomic E-state index is -0.239. The normalized spacial score (nSPS) is 15.2. The maximum absolute atomic E-state index is 12.6. The van der Waals surface area contributed by atoms with Crippen LogP contribution in [0.25, 0.3) is 6.08 Å². The quantitative estimate of drug-likeness (QED) is 0.393. The first-order valence-electron chi connectivity index (χ1n) is 9.72. The zero-order chi connectivity index (χ0) is 22.7. The summed E-state index contributed by atoms with van der Waals surface area (Å²) in [4.78, 5) is 27.2. The predicted molar refractivity (Wildman–Crippen MR) is 134 cm³/mol. The summed E-state index contributed by atoms with van der Waals surface area (Å²) in [5.41, 5.74) is 3.54. The summed E-state index contributed by atoms with van der Waals surface area (Å²) >= 11 is 10.1. The summed E-state index contributed by atoms with van der Waals surface area (Å²) in [7, 11) is 0. The molecule has 162 valence electrons. The van der Waals surface area contributed by atoms with E-state index in [0.717, 1.165) is 26.9 Å². The van der Waals surface area contributed by atoms with Gasteiger partial charge in [0.1, 0.15) is 10.1 Å². The molecule has 0 atom stereocenters. The standard InChI is InChI=1S/C23H23BrN2O3S2/c1-13(2)26-22(28)19(31-23(26)30)11-16-6-5-7-18(10-16)29-12-20(27)25-21-14(3)8-17(24)9-15(21)4/h5-11,13H,12H2,1-4H3,(H,25,27)/b19-11-. The Hall–Kier alpha value is -2.16. The molecule has 1 aliphatic rings. The van der Waals surface area contributed by atoms with E-state index >= 15 is 0 Å². The fraction of sp³-hybridized carbons (Fsp3) is 0.261. The second-order valence-corrected chi connectivity index (χ2v) is 10.1. The minimum Gasteiger partial charge on any atom is -0.484 e. The highest BCUT2D eigenvalue weighted by atomic mass is 79.9. The third-order valence-electron chi connectivity index (χ3n) is 4.63. The summed E-state index contributed by atoms with van der Waals surface area (Å²) in [6, 6.07) is 11.2. The number of hydrogen-bond donors (Lipinski definition) is 1. The Labute approximate surface area is 200 Å². The molecule has 1 aliphatic heterocycles. The number of halogens is 1. The topological polar surface area (TPSA) is 58.6 Å². The van der Waals surface area contributed by atoms with Gasteiger partial charge >= 0.3 is 0 Å². The lowest BCUT2D eigenvalue weighted by Crippen LogP contribution is -2.34. The molecule has 0 saturated carbocycles. The smallest absolute Gasteiger partial charge is 0.266 e. The highest BCUT2D eigenvalue weighted by Crippen LogP contribution is 2.34. The Morgan fingerprint density at radius 3 is 2.55 bits per heavy atom. The second-order valence-electron chi connectivity index (χ2n) is 7.47. The van der Waals surface area contributed by atoms with Crippen LogP contribution >= 0.6 is 39.9 Å². The van der Waals surface area contributed by atoms with Crippen LogP contribution < -0.4 is 10.1 Å². The van der Waals surface area contributed by atoms with Crippen molar-refractivity contribution >= 4 is 67.8 Å². The van der Waals surface area contributed by atoms with Gasteiger partial charge in [-0.2, -0.15) is 0 Å². The van der Waals surface area contributed by atoms with E-state index in [-0.39, 0.29) is 24.5 Å². The van der Waals surface area contributed by atoms with Crippen LogP contribution in [0, 0.1) is 13.8 Å². The summed E-state index contributed by atoms with van der Waals surface area (Å²) in [5, 5.41) is 2.91. The number of thioether (sulfide) groups is 1. The molecule has 5 nitrogen and oxygen atoms in total. The highest BCUT2D eigenvalue weighted by molar-refractivity contribution is 9.10. The van der Waals surface area contributed by atoms with Crippen LogP contribution in [0.15, 0.2) is 45.8 Å². The highest BCUT2D eigenvalue weighted by Gasteiger charge is 2.33. The van der Waals surface area contributed by atoms with E-state index in [9.17, 15) is 9.59 Å². The van der Waals surface area contributed by atoms with Crippen LogP contribution in [0.3, 0.4) is 0 Å². The maximum atomic E-state index is 12.6. The number of carbonyl (C=O) groups excluding carboxylic acids is 2. The number of hydrogen-bond acceptors (Lipinski definition) is 5. The zero-order valence-corrected chi connectivity index (χ0v) is 20.9. The lowest BCUT2D eigenvalue weighted by molar-refractivity contribution is -0.123. The van der Waals surface area contributed by atoms with Crippen LogP contribution in [0.2, 0.25) is 0 Å². The summed E-state index contributed by atoms with van der Waals surface area (Å²) < 4.78 is 7.21. The average molecular weight is 519 g/mol. The minimum absolute atomic E-state index is 0.0181. The van der Waals surface area contributed by atoms with E-state index in [1.54, 1.807) is 23.1 Å². The molecule has 0 bridgehead atoms. The average Bonchev–Trinajstić information content (AvgIpc) is 2.96. The molecule has 2 aromatic rings. The fourth-order valence-electron chi connectivity index (χ4n) is 3.20. The second kappa shape index (κ2) is 9.97. The Morgan fingerprint density at radius 2 is 1.94 bits per heavy atom. The number of aryl methyl sites for hydroxylation is 2. The number of rotatable bonds is 6. The van der Waals surface area contributed by atoms with Gasteiger partial charge < -0.3 is 10.1 Å². The van der Waals surface area contributed by atoms with Crippen molar-refractivity contribution in [1.82, 2.24) is 4.90 Å². The first-order chi connectivity index (χ1) is 14.7. The molecule has 2 amide bonds. The SMILES string of the molecule is Cc1cc(Br)cc(C)c1NC(=O)COc1cccc(/C=C2\SC(=S)N(C(C)C)C2=O)c1. The van der Waals surface area contributed by atoms with Crippen LogP contribution in [0.1, 0.15) is 30.5 Å². The van der Waals surface area contributed by atoms with Crippen LogP contribution in [0.5, 0.6) is 5.75 Å². The number of ether oxygens (including phenoxy) is 1. The van der Waals surface area contributed by atoms with Crippen molar-refractivity contribution in [3.8, 4) is 5.75 Å². The fourth-order valence-corrected chi connectivity index (χ4v) is 5.41. The number of nitrogens with zero attached hydrogens (tertiary/aromatic N) is 1. The molecule has 31 heavy (non-hydrogen) atoms. The van der Waals surface area contributed by atoms with Crippen molar-refractivity contribution in [1.29, 1.82) is 0 Å². The molecule has 0 radical (unpaired) electrons. The monoisotopic (exact) mass is 518 g/mol. The number of amides is 2. The summed E-state index contributed by atoms with van der Waals surface area (Å²) in [6.45, 7) is 7.64. The molecular weight excluding hydrogens is 496 g/mol. The first kappa shape index (κ1) is 23.5. The number of anilines is 1. The van der Waals surface area contributed by atoms with Crippen LogP contribution in [-0.4, -0.2) is 33.7 Å². The van der Waals surface area contributed by atoms with Crippen molar-refractivity contribution < 1.29 is 14.3 Å². The first-order valence-corrected chi connectivity index (χ1v) is 11.7. The van der Waals surface area contributed by atoms with Gasteiger partial charge in [0.25, 0.3) is 11.8 Å². The molecule has 0 unspecified atom stereocenters. The molecule has 1 fully saturated rings. The van der Waals surface area contributed by atoms with Gasteiger partial charge in [0, 0.05) is 16.2 Å². The number of thiocarbonyl (C=S) groups is 1. The van der Waals surface area contributed by atoms with E-state index in [1.165, 1.54) is 11.8 Å². The van der Waals surface area contributed by atoms with Gasteiger partial charge in [-0.3, -0.25) is 14.5 Å². The van der Waals surface area contributed by atoms with E-state index in [4.69, 9.17) is 17.0 Å². The molecule has 0 spiro atoms. The number of benzene rings is 2. The van der Waals surface area contributed by atoms with Gasteiger partial charge in [0.2, 0.25) is 0 Å².